The number of nitrogens with zero attached hydrogens (tertiary/aromatic N) is 1. The molecule has 1 aromatic carbocycles. The molecule has 0 spiro atoms. The second-order valence-electron chi connectivity index (χ2n) is 4.35. The second kappa shape index (κ2) is 6.92. The van der Waals surface area contributed by atoms with Gasteiger partial charge in [-0.15, -0.1) is 0 Å². The summed E-state index contributed by atoms with van der Waals surface area (Å²) >= 11 is 0. The van der Waals surface area contributed by atoms with E-state index in [0.717, 1.165) is 5.56 Å². The van der Waals surface area contributed by atoms with Crippen LogP contribution in [0.2, 0.25) is 0 Å². The zero-order valence-corrected chi connectivity index (χ0v) is 13.2. The van der Waals surface area contributed by atoms with Crippen LogP contribution in [0.4, 0.5) is 5.69 Å². The maximum atomic E-state index is 12.6. The normalized spacial score (nSPS) is 11.8. The first-order valence-electron chi connectivity index (χ1n) is 6.31. The highest BCUT2D eigenvalue weighted by atomic mass is 32.2. The van der Waals surface area contributed by atoms with E-state index in [-0.39, 0.29) is 11.4 Å². The smallest absolute Gasteiger partial charge is 0.246 e. The lowest BCUT2D eigenvalue weighted by Crippen LogP contribution is -2.34. The number of rotatable bonds is 7. The quantitative estimate of drug-likeness (QED) is 0.766. The van der Waals surface area contributed by atoms with Crippen LogP contribution in [0.15, 0.2) is 17.0 Å². The summed E-state index contributed by atoms with van der Waals surface area (Å²) in [5.74, 6) is 0.299. The summed E-state index contributed by atoms with van der Waals surface area (Å²) in [4.78, 5) is 0.0843. The molecule has 0 atom stereocenters. The van der Waals surface area contributed by atoms with Gasteiger partial charge in [0.1, 0.15) is 10.6 Å². The Morgan fingerprint density at radius 1 is 1.30 bits per heavy atom. The highest BCUT2D eigenvalue weighted by Crippen LogP contribution is 2.30. The van der Waals surface area contributed by atoms with Crippen LogP contribution in [0, 0.1) is 6.92 Å². The molecular weight excluding hydrogens is 280 g/mol. The molecular formula is C13H22N2O4S. The molecule has 0 aliphatic rings. The zero-order valence-electron chi connectivity index (χ0n) is 12.3. The molecule has 1 aromatic rings. The molecule has 0 radical (unpaired) electrons. The third-order valence-electron chi connectivity index (χ3n) is 3.07. The molecule has 0 fully saturated rings. The Morgan fingerprint density at radius 2 is 1.95 bits per heavy atom. The van der Waals surface area contributed by atoms with Gasteiger partial charge in [0, 0.05) is 25.9 Å². The van der Waals surface area contributed by atoms with Crippen molar-refractivity contribution in [3.05, 3.63) is 17.7 Å². The van der Waals surface area contributed by atoms with Crippen molar-refractivity contribution in [1.82, 2.24) is 4.31 Å². The summed E-state index contributed by atoms with van der Waals surface area (Å²) in [6.07, 6.45) is 0. The predicted molar refractivity (Wildman–Crippen MR) is 78.5 cm³/mol. The summed E-state index contributed by atoms with van der Waals surface area (Å²) in [6, 6.07) is 3.07. The van der Waals surface area contributed by atoms with Crippen molar-refractivity contribution in [3.8, 4) is 5.75 Å². The maximum Gasteiger partial charge on any atom is 0.246 e. The Kier molecular flexibility index (Phi) is 5.79. The molecule has 7 heteroatoms. The van der Waals surface area contributed by atoms with Crippen LogP contribution in [-0.4, -0.2) is 46.6 Å². The third kappa shape index (κ3) is 3.41. The fraction of sp³-hybridized carbons (Fsp3) is 0.538. The molecule has 6 nitrogen and oxygen atoms in total. The molecule has 20 heavy (non-hydrogen) atoms. The lowest BCUT2D eigenvalue weighted by molar-refractivity contribution is 0.180. The van der Waals surface area contributed by atoms with Crippen molar-refractivity contribution in [2.45, 2.75) is 18.7 Å². The Morgan fingerprint density at radius 3 is 2.45 bits per heavy atom. The summed E-state index contributed by atoms with van der Waals surface area (Å²) in [5, 5.41) is 0. The van der Waals surface area contributed by atoms with Crippen LogP contribution in [0.5, 0.6) is 5.75 Å². The molecule has 0 saturated heterocycles. The first-order chi connectivity index (χ1) is 9.38. The van der Waals surface area contributed by atoms with Crippen molar-refractivity contribution in [3.63, 3.8) is 0 Å². The van der Waals surface area contributed by atoms with Crippen molar-refractivity contribution in [1.29, 1.82) is 0 Å². The first-order valence-corrected chi connectivity index (χ1v) is 7.75. The van der Waals surface area contributed by atoms with Crippen molar-refractivity contribution in [2.75, 3.05) is 39.6 Å². The monoisotopic (exact) mass is 302 g/mol. The summed E-state index contributed by atoms with van der Waals surface area (Å²) in [6.45, 7) is 4.54. The van der Waals surface area contributed by atoms with Crippen LogP contribution < -0.4 is 10.5 Å². The van der Waals surface area contributed by atoms with Gasteiger partial charge in [-0.3, -0.25) is 0 Å². The number of nitrogen functional groups attached to an aromatic ring is 1. The third-order valence-corrected chi connectivity index (χ3v) is 5.06. The van der Waals surface area contributed by atoms with Gasteiger partial charge in [-0.2, -0.15) is 4.31 Å². The molecule has 0 aliphatic carbocycles. The number of sulfonamides is 1. The zero-order chi connectivity index (χ0) is 15.3. The lowest BCUT2D eigenvalue weighted by atomic mass is 10.2. The van der Waals surface area contributed by atoms with Gasteiger partial charge in [0.25, 0.3) is 0 Å². The van der Waals surface area contributed by atoms with E-state index in [4.69, 9.17) is 15.2 Å². The Bertz CT molecular complexity index is 558. The fourth-order valence-corrected chi connectivity index (χ4v) is 3.42. The Balaban J connectivity index is 3.29. The number of aryl methyl sites for hydroxylation is 1. The molecule has 0 saturated carbocycles. The van der Waals surface area contributed by atoms with Crippen LogP contribution in [0.3, 0.4) is 0 Å². The fourth-order valence-electron chi connectivity index (χ4n) is 1.82. The number of methoxy groups -OCH3 is 2. The number of nitrogens with two attached hydrogens (primary N) is 1. The number of ether oxygens (including phenoxy) is 2. The SMILES string of the molecule is CCN(CCOC)S(=O)(=O)c1cc(N)c(C)cc1OC. The maximum absolute atomic E-state index is 12.6. The topological polar surface area (TPSA) is 81.9 Å². The first kappa shape index (κ1) is 16.7. The van der Waals surface area contributed by atoms with E-state index in [1.54, 1.807) is 19.9 Å². The van der Waals surface area contributed by atoms with Gasteiger partial charge in [-0.05, 0) is 24.6 Å². The number of benzene rings is 1. The van der Waals surface area contributed by atoms with Crippen molar-refractivity contribution < 1.29 is 17.9 Å². The molecule has 0 heterocycles. The van der Waals surface area contributed by atoms with Crippen molar-refractivity contribution >= 4 is 15.7 Å². The van der Waals surface area contributed by atoms with Gasteiger partial charge >= 0.3 is 0 Å². The minimum absolute atomic E-state index is 0.0843. The van der Waals surface area contributed by atoms with E-state index in [1.165, 1.54) is 24.6 Å². The molecule has 0 aromatic heterocycles. The van der Waals surface area contributed by atoms with Gasteiger partial charge < -0.3 is 15.2 Å². The Hall–Kier alpha value is -1.31. The van der Waals surface area contributed by atoms with Crippen LogP contribution in [0.1, 0.15) is 12.5 Å². The number of likely N-dealkylation sites (N-methyl/N-ethyl adjacent to an activating group) is 1. The molecule has 114 valence electrons. The van der Waals surface area contributed by atoms with Crippen LogP contribution in [0.25, 0.3) is 0 Å². The standard InChI is InChI=1S/C13H22N2O4S/c1-5-15(6-7-18-3)20(16,17)13-9-11(14)10(2)8-12(13)19-4/h8-9H,5-7,14H2,1-4H3. The van der Waals surface area contributed by atoms with E-state index in [9.17, 15) is 8.42 Å². The minimum atomic E-state index is -3.66. The summed E-state index contributed by atoms with van der Waals surface area (Å²) < 4.78 is 36.7. The lowest BCUT2D eigenvalue weighted by Gasteiger charge is -2.22. The number of anilines is 1. The molecule has 2 N–H and O–H groups in total. The van der Waals surface area contributed by atoms with E-state index in [0.29, 0.717) is 24.6 Å². The van der Waals surface area contributed by atoms with Gasteiger partial charge in [0.15, 0.2) is 0 Å². The Labute approximate surface area is 120 Å². The molecule has 0 bridgehead atoms. The van der Waals surface area contributed by atoms with Gasteiger partial charge in [0.05, 0.1) is 13.7 Å². The molecule has 0 amide bonds. The molecule has 0 aliphatic heterocycles. The van der Waals surface area contributed by atoms with E-state index in [2.05, 4.69) is 0 Å². The van der Waals surface area contributed by atoms with Gasteiger partial charge in [0.2, 0.25) is 10.0 Å². The van der Waals surface area contributed by atoms with Crippen LogP contribution >= 0.6 is 0 Å². The second-order valence-corrected chi connectivity index (χ2v) is 6.26. The minimum Gasteiger partial charge on any atom is -0.495 e. The highest BCUT2D eigenvalue weighted by Gasteiger charge is 2.27. The number of hydrogen-bond acceptors (Lipinski definition) is 5. The van der Waals surface area contributed by atoms with E-state index >= 15 is 0 Å². The highest BCUT2D eigenvalue weighted by molar-refractivity contribution is 7.89. The number of hydrogen-bond donors (Lipinski definition) is 1. The van der Waals surface area contributed by atoms with Gasteiger partial charge in [-0.1, -0.05) is 6.92 Å². The largest absolute Gasteiger partial charge is 0.495 e. The van der Waals surface area contributed by atoms with E-state index in [1.807, 2.05) is 0 Å². The average Bonchev–Trinajstić information content (AvgIpc) is 2.41. The average molecular weight is 302 g/mol. The summed E-state index contributed by atoms with van der Waals surface area (Å²) in [7, 11) is -0.685. The molecule has 0 unspecified atom stereocenters. The van der Waals surface area contributed by atoms with Gasteiger partial charge in [-0.25, -0.2) is 8.42 Å². The van der Waals surface area contributed by atoms with Crippen LogP contribution in [-0.2, 0) is 14.8 Å². The van der Waals surface area contributed by atoms with E-state index < -0.39 is 10.0 Å². The van der Waals surface area contributed by atoms with Crippen molar-refractivity contribution in [2.24, 2.45) is 0 Å². The predicted octanol–water partition coefficient (Wildman–Crippen LogP) is 1.24. The molecule has 1 rings (SSSR count). The summed E-state index contributed by atoms with van der Waals surface area (Å²) in [5.41, 5.74) is 7.02.